The van der Waals surface area contributed by atoms with Crippen LogP contribution < -0.4 is 25.3 Å². The topological polar surface area (TPSA) is 92.0 Å². The van der Waals surface area contributed by atoms with Crippen LogP contribution in [0.25, 0.3) is 0 Å². The molecule has 192 valence electrons. The fraction of sp³-hybridized carbons (Fsp3) is 0.179. The summed E-state index contributed by atoms with van der Waals surface area (Å²) in [7, 11) is 2.96. The Morgan fingerprint density at radius 3 is 2.46 bits per heavy atom. The van der Waals surface area contributed by atoms with E-state index in [0.29, 0.717) is 44.4 Å². The molecule has 0 fully saturated rings. The van der Waals surface area contributed by atoms with Gasteiger partial charge < -0.3 is 30.0 Å². The Hall–Kier alpha value is -3.88. The highest BCUT2D eigenvalue weighted by Crippen LogP contribution is 2.40. The number of ether oxygens (including phenoxy) is 4. The molecule has 0 spiro atoms. The van der Waals surface area contributed by atoms with Crippen molar-refractivity contribution in [3.8, 4) is 17.2 Å². The minimum atomic E-state index is -0.496. The number of hydrogen-bond donors (Lipinski definition) is 2. The lowest BCUT2D eigenvalue weighted by Gasteiger charge is -2.16. The van der Waals surface area contributed by atoms with Gasteiger partial charge in [0.05, 0.1) is 30.6 Å². The SMILES string of the molecule is COC(=O)c1sc(Nc2cc(OCc3ccc(OC)cc3)ccc2N)cc1O[C@H](C)c1ccccc1Cl. The Morgan fingerprint density at radius 2 is 1.76 bits per heavy atom. The summed E-state index contributed by atoms with van der Waals surface area (Å²) in [4.78, 5) is 12.8. The molecular weight excluding hydrogens is 512 g/mol. The number of hydrogen-bond acceptors (Lipinski definition) is 8. The molecule has 7 nitrogen and oxygen atoms in total. The average Bonchev–Trinajstić information content (AvgIpc) is 3.31. The molecule has 0 aliphatic carbocycles. The van der Waals surface area contributed by atoms with Gasteiger partial charge in [-0.05, 0) is 42.8 Å². The number of anilines is 3. The van der Waals surface area contributed by atoms with Crippen LogP contribution in [0.3, 0.4) is 0 Å². The monoisotopic (exact) mass is 538 g/mol. The lowest BCUT2D eigenvalue weighted by Crippen LogP contribution is -2.07. The van der Waals surface area contributed by atoms with Crippen LogP contribution >= 0.6 is 22.9 Å². The molecule has 1 atom stereocenters. The fourth-order valence-corrected chi connectivity index (χ4v) is 4.78. The van der Waals surface area contributed by atoms with Crippen LogP contribution in [0.2, 0.25) is 5.02 Å². The van der Waals surface area contributed by atoms with E-state index < -0.39 is 5.97 Å². The minimum Gasteiger partial charge on any atom is -0.497 e. The van der Waals surface area contributed by atoms with Crippen molar-refractivity contribution in [1.29, 1.82) is 0 Å². The normalized spacial score (nSPS) is 11.5. The van der Waals surface area contributed by atoms with Crippen molar-refractivity contribution in [3.63, 3.8) is 0 Å². The van der Waals surface area contributed by atoms with Crippen LogP contribution in [-0.4, -0.2) is 20.2 Å². The van der Waals surface area contributed by atoms with E-state index in [2.05, 4.69) is 5.32 Å². The zero-order valence-corrected chi connectivity index (χ0v) is 22.2. The number of nitrogens with two attached hydrogens (primary N) is 1. The Labute approximate surface area is 224 Å². The molecule has 4 aromatic rings. The predicted molar refractivity (Wildman–Crippen MR) is 148 cm³/mol. The second-order valence-electron chi connectivity index (χ2n) is 8.09. The average molecular weight is 539 g/mol. The van der Waals surface area contributed by atoms with E-state index in [9.17, 15) is 4.79 Å². The molecule has 0 unspecified atom stereocenters. The summed E-state index contributed by atoms with van der Waals surface area (Å²) >= 11 is 7.53. The summed E-state index contributed by atoms with van der Waals surface area (Å²) in [5.74, 6) is 1.32. The number of halogens is 1. The molecule has 1 heterocycles. The van der Waals surface area contributed by atoms with Crippen molar-refractivity contribution in [2.75, 3.05) is 25.3 Å². The first-order valence-electron chi connectivity index (χ1n) is 11.4. The van der Waals surface area contributed by atoms with Gasteiger partial charge in [0.25, 0.3) is 0 Å². The lowest BCUT2D eigenvalue weighted by atomic mass is 10.1. The Balaban J connectivity index is 1.52. The smallest absolute Gasteiger partial charge is 0.351 e. The van der Waals surface area contributed by atoms with E-state index >= 15 is 0 Å². The molecule has 0 amide bonds. The molecule has 0 radical (unpaired) electrons. The third-order valence-corrected chi connectivity index (χ3v) is 6.92. The predicted octanol–water partition coefficient (Wildman–Crippen LogP) is 7.24. The van der Waals surface area contributed by atoms with Gasteiger partial charge in [-0.25, -0.2) is 4.79 Å². The van der Waals surface area contributed by atoms with Crippen LogP contribution in [0.4, 0.5) is 16.4 Å². The number of rotatable bonds is 10. The van der Waals surface area contributed by atoms with Crippen LogP contribution in [0.5, 0.6) is 17.2 Å². The first-order valence-corrected chi connectivity index (χ1v) is 12.6. The molecule has 0 saturated heterocycles. The summed E-state index contributed by atoms with van der Waals surface area (Å²) in [5, 5.41) is 4.51. The maximum absolute atomic E-state index is 12.5. The Kier molecular flexibility index (Phi) is 8.43. The van der Waals surface area contributed by atoms with E-state index in [-0.39, 0.29) is 6.10 Å². The van der Waals surface area contributed by atoms with Gasteiger partial charge in [0.2, 0.25) is 0 Å². The summed E-state index contributed by atoms with van der Waals surface area (Å²) in [6, 6.07) is 22.2. The number of methoxy groups -OCH3 is 2. The third-order valence-electron chi connectivity index (χ3n) is 5.56. The largest absolute Gasteiger partial charge is 0.497 e. The van der Waals surface area contributed by atoms with Crippen molar-refractivity contribution in [3.05, 3.63) is 93.8 Å². The van der Waals surface area contributed by atoms with Gasteiger partial charge in [-0.15, -0.1) is 11.3 Å². The molecule has 0 saturated carbocycles. The van der Waals surface area contributed by atoms with E-state index in [1.54, 1.807) is 31.4 Å². The van der Waals surface area contributed by atoms with E-state index in [1.807, 2.05) is 55.5 Å². The van der Waals surface area contributed by atoms with Crippen LogP contribution in [0.1, 0.15) is 33.8 Å². The number of benzene rings is 3. The molecule has 37 heavy (non-hydrogen) atoms. The van der Waals surface area contributed by atoms with E-state index in [4.69, 9.17) is 36.3 Å². The van der Waals surface area contributed by atoms with Crippen LogP contribution in [-0.2, 0) is 11.3 Å². The first-order chi connectivity index (χ1) is 17.9. The standard InChI is InChI=1S/C28H27ClN2O5S/c1-17(21-6-4-5-7-22(21)29)36-25-15-26(37-27(25)28(32)34-3)31-24-14-20(12-13-23(24)30)35-16-18-8-10-19(33-2)11-9-18/h4-15,17,31H,16,30H2,1-3H3/t17-/m1/s1. The van der Waals surface area contributed by atoms with Gasteiger partial charge in [0.15, 0.2) is 4.88 Å². The second-order valence-corrected chi connectivity index (χ2v) is 9.55. The summed E-state index contributed by atoms with van der Waals surface area (Å²) < 4.78 is 22.2. The number of thiophene rings is 1. The van der Waals surface area contributed by atoms with Crippen molar-refractivity contribution >= 4 is 45.3 Å². The Bertz CT molecular complexity index is 1370. The lowest BCUT2D eigenvalue weighted by molar-refractivity contribution is 0.0600. The molecule has 3 N–H and O–H groups in total. The molecule has 0 bridgehead atoms. The molecule has 0 aliphatic heterocycles. The number of esters is 1. The van der Waals surface area contributed by atoms with Gasteiger partial charge in [-0.2, -0.15) is 0 Å². The molecule has 1 aromatic heterocycles. The van der Waals surface area contributed by atoms with Crippen LogP contribution in [0.15, 0.2) is 72.8 Å². The van der Waals surface area contributed by atoms with Crippen molar-refractivity contribution < 1.29 is 23.7 Å². The summed E-state index contributed by atoms with van der Waals surface area (Å²) in [5.41, 5.74) is 9.19. The first kappa shape index (κ1) is 26.2. The maximum Gasteiger partial charge on any atom is 0.351 e. The number of nitrogen functional groups attached to an aromatic ring is 1. The highest BCUT2D eigenvalue weighted by molar-refractivity contribution is 7.18. The third kappa shape index (κ3) is 6.47. The van der Waals surface area contributed by atoms with Gasteiger partial charge in [-0.3, -0.25) is 0 Å². The van der Waals surface area contributed by atoms with Crippen molar-refractivity contribution in [1.82, 2.24) is 0 Å². The highest BCUT2D eigenvalue weighted by atomic mass is 35.5. The number of carbonyl (C=O) groups excluding carboxylic acids is 1. The zero-order chi connectivity index (χ0) is 26.4. The maximum atomic E-state index is 12.5. The molecular formula is C28H27ClN2O5S. The molecule has 9 heteroatoms. The van der Waals surface area contributed by atoms with Gasteiger partial charge >= 0.3 is 5.97 Å². The fourth-order valence-electron chi connectivity index (χ4n) is 3.57. The molecule has 0 aliphatic rings. The van der Waals surface area contributed by atoms with Crippen LogP contribution in [0, 0.1) is 0 Å². The van der Waals surface area contributed by atoms with Crippen molar-refractivity contribution in [2.24, 2.45) is 0 Å². The van der Waals surface area contributed by atoms with Gasteiger partial charge in [0, 0.05) is 22.7 Å². The minimum absolute atomic E-state index is 0.328. The second kappa shape index (κ2) is 11.9. The van der Waals surface area contributed by atoms with Gasteiger partial charge in [-0.1, -0.05) is 41.9 Å². The summed E-state index contributed by atoms with van der Waals surface area (Å²) in [6.07, 6.45) is -0.390. The highest BCUT2D eigenvalue weighted by Gasteiger charge is 2.22. The zero-order valence-electron chi connectivity index (χ0n) is 20.6. The molecule has 3 aromatic carbocycles. The number of nitrogens with one attached hydrogen (secondary N) is 1. The molecule has 4 rings (SSSR count). The van der Waals surface area contributed by atoms with Crippen molar-refractivity contribution in [2.45, 2.75) is 19.6 Å². The van der Waals surface area contributed by atoms with E-state index in [0.717, 1.165) is 16.9 Å². The quantitative estimate of drug-likeness (QED) is 0.162. The summed E-state index contributed by atoms with van der Waals surface area (Å²) in [6.45, 7) is 2.26. The Morgan fingerprint density at radius 1 is 1.03 bits per heavy atom. The van der Waals surface area contributed by atoms with E-state index in [1.165, 1.54) is 18.4 Å². The number of carbonyl (C=O) groups is 1. The van der Waals surface area contributed by atoms with Gasteiger partial charge in [0.1, 0.15) is 30.0 Å².